The summed E-state index contributed by atoms with van der Waals surface area (Å²) in [5, 5.41) is 8.14. The molecule has 9 heteroatoms. The summed E-state index contributed by atoms with van der Waals surface area (Å²) >= 11 is 1.20. The summed E-state index contributed by atoms with van der Waals surface area (Å²) in [7, 11) is 3.06. The third-order valence-electron chi connectivity index (χ3n) is 3.62. The van der Waals surface area contributed by atoms with Gasteiger partial charge in [-0.3, -0.25) is 14.4 Å². The lowest BCUT2D eigenvalue weighted by Gasteiger charge is -2.10. The van der Waals surface area contributed by atoms with Crippen molar-refractivity contribution in [3.63, 3.8) is 0 Å². The zero-order valence-electron chi connectivity index (χ0n) is 16.4. The summed E-state index contributed by atoms with van der Waals surface area (Å²) in [5.41, 5.74) is 1.84. The van der Waals surface area contributed by atoms with E-state index < -0.39 is 0 Å². The summed E-state index contributed by atoms with van der Waals surface area (Å²) in [6.45, 7) is 1.42. The Hall–Kier alpha value is -3.20. The van der Waals surface area contributed by atoms with Gasteiger partial charge >= 0.3 is 0 Å². The first-order valence-corrected chi connectivity index (χ1v) is 9.84. The molecule has 0 aromatic heterocycles. The third kappa shape index (κ3) is 7.38. The lowest BCUT2D eigenvalue weighted by Crippen LogP contribution is -2.18. The smallest absolute Gasteiger partial charge is 0.234 e. The van der Waals surface area contributed by atoms with Gasteiger partial charge in [0.25, 0.3) is 0 Å². The Morgan fingerprint density at radius 1 is 0.759 bits per heavy atom. The molecule has 0 unspecified atom stereocenters. The van der Waals surface area contributed by atoms with Crippen molar-refractivity contribution in [1.29, 1.82) is 0 Å². The zero-order valence-corrected chi connectivity index (χ0v) is 17.2. The van der Waals surface area contributed by atoms with E-state index in [0.717, 1.165) is 0 Å². The maximum Gasteiger partial charge on any atom is 0.234 e. The second kappa shape index (κ2) is 11.0. The molecular formula is C20H23N3O5S. The minimum absolute atomic E-state index is 0.128. The summed E-state index contributed by atoms with van der Waals surface area (Å²) < 4.78 is 10.4. The van der Waals surface area contributed by atoms with Crippen LogP contribution in [0.2, 0.25) is 0 Å². The zero-order chi connectivity index (χ0) is 21.2. The van der Waals surface area contributed by atoms with E-state index in [0.29, 0.717) is 28.6 Å². The van der Waals surface area contributed by atoms with Crippen molar-refractivity contribution in [2.45, 2.75) is 6.92 Å². The molecule has 0 saturated heterocycles. The quantitative estimate of drug-likeness (QED) is 0.579. The van der Waals surface area contributed by atoms with Crippen LogP contribution in [-0.4, -0.2) is 43.4 Å². The Balaban J connectivity index is 1.75. The summed E-state index contributed by atoms with van der Waals surface area (Å²) in [6, 6.07) is 11.9. The van der Waals surface area contributed by atoms with E-state index in [1.807, 2.05) is 0 Å². The molecule has 0 heterocycles. The van der Waals surface area contributed by atoms with Crippen molar-refractivity contribution in [3.8, 4) is 11.5 Å². The van der Waals surface area contributed by atoms with Crippen LogP contribution in [0.3, 0.4) is 0 Å². The average molecular weight is 417 g/mol. The Bertz CT molecular complexity index is 871. The number of amides is 3. The number of ether oxygens (including phenoxy) is 2. The number of carbonyl (C=O) groups excluding carboxylic acids is 3. The fourth-order valence-corrected chi connectivity index (χ4v) is 3.00. The molecule has 0 aliphatic carbocycles. The van der Waals surface area contributed by atoms with Gasteiger partial charge in [-0.05, 0) is 36.4 Å². The van der Waals surface area contributed by atoms with Gasteiger partial charge in [-0.2, -0.15) is 0 Å². The molecule has 2 aromatic carbocycles. The van der Waals surface area contributed by atoms with Crippen molar-refractivity contribution in [2.24, 2.45) is 0 Å². The Labute approximate surface area is 173 Å². The SMILES string of the molecule is COc1ccc(NC(=O)CSCC(=O)Nc2ccc(NC(C)=O)cc2)cc1OC. The fourth-order valence-electron chi connectivity index (χ4n) is 2.38. The molecule has 29 heavy (non-hydrogen) atoms. The van der Waals surface area contributed by atoms with Gasteiger partial charge in [0.05, 0.1) is 25.7 Å². The van der Waals surface area contributed by atoms with E-state index in [1.165, 1.54) is 32.9 Å². The van der Waals surface area contributed by atoms with Gasteiger partial charge in [0.2, 0.25) is 17.7 Å². The number of carbonyl (C=O) groups is 3. The van der Waals surface area contributed by atoms with Crippen LogP contribution < -0.4 is 25.4 Å². The standard InChI is InChI=1S/C20H23N3O5S/c1-13(24)21-14-4-6-15(7-5-14)22-19(25)11-29-12-20(26)23-16-8-9-17(27-2)18(10-16)28-3/h4-10H,11-12H2,1-3H3,(H,21,24)(H,22,25)(H,23,26). The van der Waals surface area contributed by atoms with Gasteiger partial charge in [0, 0.05) is 30.1 Å². The van der Waals surface area contributed by atoms with Gasteiger partial charge in [-0.1, -0.05) is 0 Å². The van der Waals surface area contributed by atoms with Gasteiger partial charge < -0.3 is 25.4 Å². The Morgan fingerprint density at radius 2 is 1.24 bits per heavy atom. The van der Waals surface area contributed by atoms with Gasteiger partial charge in [0.15, 0.2) is 11.5 Å². The number of nitrogens with one attached hydrogen (secondary N) is 3. The highest BCUT2D eigenvalue weighted by molar-refractivity contribution is 8.00. The van der Waals surface area contributed by atoms with E-state index in [1.54, 1.807) is 42.5 Å². The first-order valence-electron chi connectivity index (χ1n) is 8.68. The number of anilines is 3. The highest BCUT2D eigenvalue weighted by Crippen LogP contribution is 2.29. The minimum Gasteiger partial charge on any atom is -0.493 e. The summed E-state index contributed by atoms with van der Waals surface area (Å²) in [4.78, 5) is 35.1. The molecule has 2 aromatic rings. The van der Waals surface area contributed by atoms with Crippen molar-refractivity contribution < 1.29 is 23.9 Å². The molecule has 2 rings (SSSR count). The van der Waals surface area contributed by atoms with Crippen LogP contribution in [0, 0.1) is 0 Å². The Morgan fingerprint density at radius 3 is 1.76 bits per heavy atom. The second-order valence-corrected chi connectivity index (χ2v) is 6.90. The number of thioether (sulfide) groups is 1. The normalized spacial score (nSPS) is 10.0. The molecule has 3 N–H and O–H groups in total. The van der Waals surface area contributed by atoms with E-state index in [4.69, 9.17) is 9.47 Å². The van der Waals surface area contributed by atoms with Crippen LogP contribution in [0.1, 0.15) is 6.92 Å². The summed E-state index contributed by atoms with van der Waals surface area (Å²) in [5.74, 6) is 0.736. The molecule has 0 radical (unpaired) electrons. The lowest BCUT2D eigenvalue weighted by atomic mass is 10.2. The predicted molar refractivity (Wildman–Crippen MR) is 115 cm³/mol. The van der Waals surface area contributed by atoms with Crippen LogP contribution >= 0.6 is 11.8 Å². The van der Waals surface area contributed by atoms with Crippen molar-refractivity contribution in [1.82, 2.24) is 0 Å². The first kappa shape index (κ1) is 22.1. The Kier molecular flexibility index (Phi) is 8.35. The number of benzene rings is 2. The maximum absolute atomic E-state index is 12.1. The van der Waals surface area contributed by atoms with Gasteiger partial charge in [-0.15, -0.1) is 11.8 Å². The topological polar surface area (TPSA) is 106 Å². The van der Waals surface area contributed by atoms with Gasteiger partial charge in [-0.25, -0.2) is 0 Å². The van der Waals surface area contributed by atoms with Crippen LogP contribution in [-0.2, 0) is 14.4 Å². The first-order chi connectivity index (χ1) is 13.9. The van der Waals surface area contributed by atoms with Crippen LogP contribution in [0.15, 0.2) is 42.5 Å². The lowest BCUT2D eigenvalue weighted by molar-refractivity contribution is -0.115. The predicted octanol–water partition coefficient (Wildman–Crippen LogP) is 2.97. The van der Waals surface area contributed by atoms with Crippen LogP contribution in [0.4, 0.5) is 17.1 Å². The van der Waals surface area contributed by atoms with E-state index in [9.17, 15) is 14.4 Å². The molecule has 154 valence electrons. The fraction of sp³-hybridized carbons (Fsp3) is 0.250. The average Bonchev–Trinajstić information content (AvgIpc) is 2.69. The molecule has 0 aliphatic heterocycles. The molecule has 0 bridgehead atoms. The highest BCUT2D eigenvalue weighted by atomic mass is 32.2. The molecule has 8 nitrogen and oxygen atoms in total. The molecule has 3 amide bonds. The molecule has 0 atom stereocenters. The van der Waals surface area contributed by atoms with Crippen LogP contribution in [0.5, 0.6) is 11.5 Å². The monoisotopic (exact) mass is 417 g/mol. The molecule has 0 aliphatic rings. The van der Waals surface area contributed by atoms with Crippen LogP contribution in [0.25, 0.3) is 0 Å². The summed E-state index contributed by atoms with van der Waals surface area (Å²) in [6.07, 6.45) is 0. The molecular weight excluding hydrogens is 394 g/mol. The third-order valence-corrected chi connectivity index (χ3v) is 4.56. The van der Waals surface area contributed by atoms with Crippen molar-refractivity contribution in [3.05, 3.63) is 42.5 Å². The largest absolute Gasteiger partial charge is 0.493 e. The van der Waals surface area contributed by atoms with E-state index in [2.05, 4.69) is 16.0 Å². The molecule has 0 fully saturated rings. The minimum atomic E-state index is -0.227. The number of methoxy groups -OCH3 is 2. The van der Waals surface area contributed by atoms with E-state index >= 15 is 0 Å². The molecule has 0 spiro atoms. The number of hydrogen-bond donors (Lipinski definition) is 3. The maximum atomic E-state index is 12.1. The van der Waals surface area contributed by atoms with E-state index in [-0.39, 0.29) is 29.2 Å². The van der Waals surface area contributed by atoms with Crippen molar-refractivity contribution in [2.75, 3.05) is 41.7 Å². The highest BCUT2D eigenvalue weighted by Gasteiger charge is 2.09. The number of rotatable bonds is 9. The van der Waals surface area contributed by atoms with Gasteiger partial charge in [0.1, 0.15) is 0 Å². The molecule has 0 saturated carbocycles. The second-order valence-electron chi connectivity index (χ2n) is 5.92. The number of hydrogen-bond acceptors (Lipinski definition) is 6. The van der Waals surface area contributed by atoms with Crippen molar-refractivity contribution >= 4 is 46.5 Å².